The first-order valence-corrected chi connectivity index (χ1v) is 7.87. The second-order valence-electron chi connectivity index (χ2n) is 4.99. The second-order valence-corrected chi connectivity index (χ2v) is 5.97. The standard InChI is InChI=1S/C17H16N2O2S/c1-12(15-8-5-11-22-15)19(2)17(20)10-9-16-18-13-6-3-4-7-14(13)21-16/h3-12H,1-2H3. The van der Waals surface area contributed by atoms with Gasteiger partial charge in [0.2, 0.25) is 11.8 Å². The number of hydrogen-bond acceptors (Lipinski definition) is 4. The maximum Gasteiger partial charge on any atom is 0.247 e. The Kier molecular flexibility index (Phi) is 4.06. The van der Waals surface area contributed by atoms with Crippen LogP contribution in [0.5, 0.6) is 0 Å². The molecule has 1 amide bonds. The largest absolute Gasteiger partial charge is 0.437 e. The predicted molar refractivity (Wildman–Crippen MR) is 88.5 cm³/mol. The summed E-state index contributed by atoms with van der Waals surface area (Å²) in [7, 11) is 1.79. The molecule has 4 nitrogen and oxygen atoms in total. The van der Waals surface area contributed by atoms with Gasteiger partial charge in [0, 0.05) is 24.1 Å². The Morgan fingerprint density at radius 1 is 1.32 bits per heavy atom. The lowest BCUT2D eigenvalue weighted by molar-refractivity contribution is -0.126. The van der Waals surface area contributed by atoms with Gasteiger partial charge in [-0.05, 0) is 30.5 Å². The van der Waals surface area contributed by atoms with E-state index in [1.54, 1.807) is 29.4 Å². The Bertz CT molecular complexity index is 772. The summed E-state index contributed by atoms with van der Waals surface area (Å²) in [6.45, 7) is 2.01. The molecule has 0 saturated carbocycles. The zero-order chi connectivity index (χ0) is 15.5. The van der Waals surface area contributed by atoms with Gasteiger partial charge in [-0.1, -0.05) is 18.2 Å². The number of likely N-dealkylation sites (N-methyl/N-ethyl adjacent to an activating group) is 1. The first kappa shape index (κ1) is 14.5. The van der Waals surface area contributed by atoms with Crippen molar-refractivity contribution in [2.24, 2.45) is 0 Å². The van der Waals surface area contributed by atoms with Crippen LogP contribution in [0.3, 0.4) is 0 Å². The molecule has 5 heteroatoms. The van der Waals surface area contributed by atoms with Crippen molar-refractivity contribution >= 4 is 34.4 Å². The van der Waals surface area contributed by atoms with Gasteiger partial charge in [-0.25, -0.2) is 4.98 Å². The lowest BCUT2D eigenvalue weighted by atomic mass is 10.2. The van der Waals surface area contributed by atoms with Crippen LogP contribution in [-0.4, -0.2) is 22.8 Å². The molecule has 2 heterocycles. The summed E-state index contributed by atoms with van der Waals surface area (Å²) in [5.74, 6) is 0.356. The third-order valence-corrected chi connectivity index (χ3v) is 4.61. The molecule has 0 N–H and O–H groups in total. The van der Waals surface area contributed by atoms with Gasteiger partial charge in [0.05, 0.1) is 6.04 Å². The molecule has 1 aromatic carbocycles. The summed E-state index contributed by atoms with van der Waals surface area (Å²) in [6.07, 6.45) is 3.11. The third kappa shape index (κ3) is 2.94. The molecule has 0 aliphatic carbocycles. The number of aromatic nitrogens is 1. The SMILES string of the molecule is CC(c1cccs1)N(C)C(=O)C=Cc1nc2ccccc2o1. The van der Waals surface area contributed by atoms with Crippen LogP contribution >= 0.6 is 11.3 Å². The van der Waals surface area contributed by atoms with Gasteiger partial charge in [-0.3, -0.25) is 4.79 Å². The van der Waals surface area contributed by atoms with Gasteiger partial charge in [-0.15, -0.1) is 11.3 Å². The van der Waals surface area contributed by atoms with Crippen molar-refractivity contribution in [3.8, 4) is 0 Å². The first-order chi connectivity index (χ1) is 10.6. The minimum Gasteiger partial charge on any atom is -0.437 e. The van der Waals surface area contributed by atoms with E-state index in [2.05, 4.69) is 4.98 Å². The lowest BCUT2D eigenvalue weighted by Gasteiger charge is -2.22. The molecule has 2 aromatic heterocycles. The molecule has 1 unspecified atom stereocenters. The Morgan fingerprint density at radius 3 is 2.86 bits per heavy atom. The van der Waals surface area contributed by atoms with Crippen molar-refractivity contribution < 1.29 is 9.21 Å². The molecule has 3 rings (SSSR count). The average Bonchev–Trinajstić information content (AvgIpc) is 3.19. The fraction of sp³-hybridized carbons (Fsp3) is 0.176. The molecule has 0 aliphatic heterocycles. The van der Waals surface area contributed by atoms with E-state index in [0.29, 0.717) is 5.89 Å². The van der Waals surface area contributed by atoms with E-state index in [-0.39, 0.29) is 11.9 Å². The van der Waals surface area contributed by atoms with Gasteiger partial charge >= 0.3 is 0 Å². The van der Waals surface area contributed by atoms with Crippen LogP contribution in [0.15, 0.2) is 52.3 Å². The minimum atomic E-state index is -0.0804. The smallest absolute Gasteiger partial charge is 0.247 e. The summed E-state index contributed by atoms with van der Waals surface area (Å²) in [5, 5.41) is 2.01. The van der Waals surface area contributed by atoms with Crippen molar-refractivity contribution in [3.05, 3.63) is 58.6 Å². The molecule has 0 fully saturated rings. The van der Waals surface area contributed by atoms with Crippen LogP contribution in [0.1, 0.15) is 23.7 Å². The predicted octanol–water partition coefficient (Wildman–Crippen LogP) is 4.12. The monoisotopic (exact) mass is 312 g/mol. The molecule has 22 heavy (non-hydrogen) atoms. The van der Waals surface area contributed by atoms with Gasteiger partial charge in [0.1, 0.15) is 5.52 Å². The first-order valence-electron chi connectivity index (χ1n) is 6.99. The molecule has 3 aromatic rings. The highest BCUT2D eigenvalue weighted by atomic mass is 32.1. The highest BCUT2D eigenvalue weighted by molar-refractivity contribution is 7.10. The number of rotatable bonds is 4. The van der Waals surface area contributed by atoms with Crippen LogP contribution < -0.4 is 0 Å². The van der Waals surface area contributed by atoms with Gasteiger partial charge in [0.15, 0.2) is 5.58 Å². The van der Waals surface area contributed by atoms with Crippen molar-refractivity contribution in [1.82, 2.24) is 9.88 Å². The summed E-state index contributed by atoms with van der Waals surface area (Å²) in [5.41, 5.74) is 1.50. The van der Waals surface area contributed by atoms with Crippen LogP contribution in [0.4, 0.5) is 0 Å². The average molecular weight is 312 g/mol. The third-order valence-electron chi connectivity index (χ3n) is 3.56. The lowest BCUT2D eigenvalue weighted by Crippen LogP contribution is -2.27. The highest BCUT2D eigenvalue weighted by Crippen LogP contribution is 2.23. The Hall–Kier alpha value is -2.40. The van der Waals surface area contributed by atoms with Crippen LogP contribution in [-0.2, 0) is 4.79 Å². The quantitative estimate of drug-likeness (QED) is 0.681. The van der Waals surface area contributed by atoms with Crippen LogP contribution in [0.2, 0.25) is 0 Å². The van der Waals surface area contributed by atoms with E-state index < -0.39 is 0 Å². The van der Waals surface area contributed by atoms with Crippen molar-refractivity contribution in [3.63, 3.8) is 0 Å². The zero-order valence-corrected chi connectivity index (χ0v) is 13.2. The van der Waals surface area contributed by atoms with Gasteiger partial charge in [-0.2, -0.15) is 0 Å². The van der Waals surface area contributed by atoms with E-state index >= 15 is 0 Å². The van der Waals surface area contributed by atoms with E-state index in [9.17, 15) is 4.79 Å². The number of carbonyl (C=O) groups excluding carboxylic acids is 1. The maximum absolute atomic E-state index is 12.2. The summed E-state index contributed by atoms with van der Waals surface area (Å²) >= 11 is 1.65. The van der Waals surface area contributed by atoms with Crippen LogP contribution in [0, 0.1) is 0 Å². The van der Waals surface area contributed by atoms with Crippen molar-refractivity contribution in [2.45, 2.75) is 13.0 Å². The molecule has 0 spiro atoms. The van der Waals surface area contributed by atoms with E-state index in [1.807, 2.05) is 48.7 Å². The summed E-state index contributed by atoms with van der Waals surface area (Å²) in [4.78, 5) is 19.4. The topological polar surface area (TPSA) is 46.3 Å². The number of benzene rings is 1. The van der Waals surface area contributed by atoms with Crippen molar-refractivity contribution in [2.75, 3.05) is 7.05 Å². The number of nitrogens with zero attached hydrogens (tertiary/aromatic N) is 2. The number of amides is 1. The van der Waals surface area contributed by atoms with Crippen LogP contribution in [0.25, 0.3) is 17.2 Å². The number of hydrogen-bond donors (Lipinski definition) is 0. The molecule has 0 bridgehead atoms. The normalized spacial score (nSPS) is 12.8. The van der Waals surface area contributed by atoms with Crippen molar-refractivity contribution in [1.29, 1.82) is 0 Å². The minimum absolute atomic E-state index is 0.0424. The maximum atomic E-state index is 12.2. The summed E-state index contributed by atoms with van der Waals surface area (Å²) < 4.78 is 5.56. The van der Waals surface area contributed by atoms with E-state index in [0.717, 1.165) is 16.0 Å². The van der Waals surface area contributed by atoms with Gasteiger partial charge in [0.25, 0.3) is 0 Å². The molecular formula is C17H16N2O2S. The van der Waals surface area contributed by atoms with E-state index in [1.165, 1.54) is 6.08 Å². The fourth-order valence-corrected chi connectivity index (χ4v) is 2.96. The number of oxazole rings is 1. The molecule has 1 atom stereocenters. The van der Waals surface area contributed by atoms with Gasteiger partial charge < -0.3 is 9.32 Å². The highest BCUT2D eigenvalue weighted by Gasteiger charge is 2.16. The Morgan fingerprint density at radius 2 is 2.14 bits per heavy atom. The zero-order valence-electron chi connectivity index (χ0n) is 12.4. The number of fused-ring (bicyclic) bond motifs is 1. The summed E-state index contributed by atoms with van der Waals surface area (Å²) in [6, 6.07) is 11.6. The number of carbonyl (C=O) groups is 1. The number of thiophene rings is 1. The molecule has 0 aliphatic rings. The fourth-order valence-electron chi connectivity index (χ4n) is 2.13. The molecule has 0 saturated heterocycles. The second kappa shape index (κ2) is 6.15. The Balaban J connectivity index is 1.72. The number of para-hydroxylation sites is 2. The molecular weight excluding hydrogens is 296 g/mol. The molecule has 112 valence electrons. The van der Waals surface area contributed by atoms with E-state index in [4.69, 9.17) is 4.42 Å². The Labute approximate surface area is 132 Å². The molecule has 0 radical (unpaired) electrons.